The Morgan fingerprint density at radius 3 is 2.35 bits per heavy atom. The van der Waals surface area contributed by atoms with Crippen LogP contribution in [0.5, 0.6) is 0 Å². The van der Waals surface area contributed by atoms with Gasteiger partial charge in [-0.15, -0.1) is 0 Å². The number of hydrogen-bond acceptors (Lipinski definition) is 2. The van der Waals surface area contributed by atoms with Gasteiger partial charge >= 0.3 is 6.03 Å². The van der Waals surface area contributed by atoms with Crippen LogP contribution in [0.2, 0.25) is 0 Å². The van der Waals surface area contributed by atoms with E-state index in [2.05, 4.69) is 40.5 Å². The van der Waals surface area contributed by atoms with Crippen molar-refractivity contribution < 1.29 is 18.0 Å². The Morgan fingerprint density at radius 2 is 1.57 bits per heavy atom. The van der Waals surface area contributed by atoms with Crippen molar-refractivity contribution in [2.45, 2.75) is 24.8 Å². The predicted molar refractivity (Wildman–Crippen MR) is 139 cm³/mol. The fourth-order valence-corrected chi connectivity index (χ4v) is 5.76. The van der Waals surface area contributed by atoms with Crippen molar-refractivity contribution in [1.29, 1.82) is 0 Å². The molecule has 4 aromatic rings. The topological polar surface area (TPSA) is 35.6 Å². The maximum absolute atomic E-state index is 14.3. The molecule has 4 aromatic carbocycles. The molecule has 0 saturated carbocycles. The van der Waals surface area contributed by atoms with Gasteiger partial charge in [0, 0.05) is 30.3 Å². The highest BCUT2D eigenvalue weighted by atomic mass is 19.1. The molecule has 1 N–H and O–H groups in total. The molecule has 0 unspecified atom stereocenters. The van der Waals surface area contributed by atoms with Crippen molar-refractivity contribution in [2.24, 2.45) is 0 Å². The van der Waals surface area contributed by atoms with Crippen molar-refractivity contribution in [3.8, 4) is 0 Å². The molecule has 1 saturated heterocycles. The highest BCUT2D eigenvalue weighted by molar-refractivity contribution is 6.03. The van der Waals surface area contributed by atoms with E-state index in [9.17, 15) is 18.0 Å². The predicted octanol–water partition coefficient (Wildman–Crippen LogP) is 6.84. The number of nitrogens with zero attached hydrogens (tertiary/aromatic N) is 2. The molecule has 0 aromatic heterocycles. The Labute approximate surface area is 213 Å². The normalized spacial score (nSPS) is 16.8. The zero-order chi connectivity index (χ0) is 25.6. The summed E-state index contributed by atoms with van der Waals surface area (Å²) < 4.78 is 41.8. The number of halogens is 3. The summed E-state index contributed by atoms with van der Waals surface area (Å²) in [5.41, 5.74) is 2.21. The van der Waals surface area contributed by atoms with Gasteiger partial charge in [-0.2, -0.15) is 0 Å². The third-order valence-corrected chi connectivity index (χ3v) is 7.73. The third-order valence-electron chi connectivity index (χ3n) is 7.73. The number of nitrogens with one attached hydrogen (secondary N) is 1. The molecule has 6 rings (SSSR count). The average Bonchev–Trinajstić information content (AvgIpc) is 3.20. The van der Waals surface area contributed by atoms with Crippen LogP contribution in [0, 0.1) is 17.5 Å². The molecule has 0 radical (unpaired) electrons. The number of amides is 2. The lowest BCUT2D eigenvalue weighted by molar-refractivity contribution is 0.160. The van der Waals surface area contributed by atoms with Gasteiger partial charge in [0.2, 0.25) is 0 Å². The van der Waals surface area contributed by atoms with Crippen molar-refractivity contribution in [3.63, 3.8) is 0 Å². The minimum absolute atomic E-state index is 0.0961. The Kier molecular flexibility index (Phi) is 5.88. The van der Waals surface area contributed by atoms with Gasteiger partial charge in [-0.3, -0.25) is 9.80 Å². The summed E-state index contributed by atoms with van der Waals surface area (Å²) in [4.78, 5) is 17.1. The first-order valence-corrected chi connectivity index (χ1v) is 12.4. The van der Waals surface area contributed by atoms with Gasteiger partial charge in [0.05, 0.1) is 5.69 Å². The first kappa shape index (κ1) is 23.6. The number of benzene rings is 4. The summed E-state index contributed by atoms with van der Waals surface area (Å²) in [5, 5.41) is 4.98. The van der Waals surface area contributed by atoms with Crippen LogP contribution >= 0.6 is 0 Å². The average molecular weight is 502 g/mol. The minimum Gasteiger partial charge on any atom is -0.305 e. The van der Waals surface area contributed by atoms with E-state index >= 15 is 0 Å². The van der Waals surface area contributed by atoms with E-state index in [1.165, 1.54) is 34.5 Å². The second-order valence-electron chi connectivity index (χ2n) is 10.0. The van der Waals surface area contributed by atoms with E-state index in [0.717, 1.165) is 50.2 Å². The Hall–Kier alpha value is -3.84. The quantitative estimate of drug-likeness (QED) is 0.334. The summed E-state index contributed by atoms with van der Waals surface area (Å²) in [5.74, 6) is -1.90. The largest absolute Gasteiger partial charge is 0.326 e. The Bertz CT molecular complexity index is 1500. The summed E-state index contributed by atoms with van der Waals surface area (Å²) in [6.45, 7) is 2.82. The molecule has 0 aliphatic carbocycles. The van der Waals surface area contributed by atoms with Crippen molar-refractivity contribution in [3.05, 3.63) is 107 Å². The molecule has 37 heavy (non-hydrogen) atoms. The number of carbonyl (C=O) groups excluding carboxylic acids is 1. The number of likely N-dealkylation sites (tertiary alicyclic amines) is 1. The van der Waals surface area contributed by atoms with E-state index in [1.54, 1.807) is 11.0 Å². The lowest BCUT2D eigenvalue weighted by Gasteiger charge is -2.40. The second kappa shape index (κ2) is 9.23. The van der Waals surface area contributed by atoms with E-state index in [0.29, 0.717) is 12.2 Å². The highest BCUT2D eigenvalue weighted by Gasteiger charge is 2.46. The zero-order valence-corrected chi connectivity index (χ0v) is 20.2. The van der Waals surface area contributed by atoms with Crippen molar-refractivity contribution >= 4 is 28.2 Å². The van der Waals surface area contributed by atoms with Gasteiger partial charge in [0.15, 0.2) is 0 Å². The molecule has 4 nitrogen and oxygen atoms in total. The Morgan fingerprint density at radius 1 is 0.838 bits per heavy atom. The lowest BCUT2D eigenvalue weighted by Crippen LogP contribution is -2.46. The Balaban J connectivity index is 1.20. The van der Waals surface area contributed by atoms with Gasteiger partial charge in [0.25, 0.3) is 0 Å². The smallest absolute Gasteiger partial charge is 0.305 e. The van der Waals surface area contributed by atoms with E-state index in [1.807, 2.05) is 12.1 Å². The van der Waals surface area contributed by atoms with Crippen LogP contribution in [-0.2, 0) is 12.0 Å². The number of carbonyl (C=O) groups is 1. The molecular weight excluding hydrogens is 475 g/mol. The molecule has 2 heterocycles. The monoisotopic (exact) mass is 501 g/mol. The molecule has 0 bridgehead atoms. The van der Waals surface area contributed by atoms with Gasteiger partial charge < -0.3 is 5.32 Å². The highest BCUT2D eigenvalue weighted by Crippen LogP contribution is 2.47. The zero-order valence-electron chi connectivity index (χ0n) is 20.2. The van der Waals surface area contributed by atoms with Gasteiger partial charge in [-0.25, -0.2) is 18.0 Å². The SMILES string of the molecule is O=C(Nc1ccc(F)cc1F)N1CC2(CCN(Cc3ccc4ccccc4c3)CC2)c2cc(F)ccc21. The van der Waals surface area contributed by atoms with Crippen LogP contribution in [0.4, 0.5) is 29.3 Å². The fourth-order valence-electron chi connectivity index (χ4n) is 5.76. The molecule has 2 aliphatic rings. The summed E-state index contributed by atoms with van der Waals surface area (Å²) in [6, 6.07) is 21.8. The van der Waals surface area contributed by atoms with Crippen LogP contribution in [0.1, 0.15) is 24.0 Å². The maximum atomic E-state index is 14.3. The van der Waals surface area contributed by atoms with Gasteiger partial charge in [0.1, 0.15) is 17.5 Å². The number of fused-ring (bicyclic) bond motifs is 3. The van der Waals surface area contributed by atoms with Crippen LogP contribution in [-0.4, -0.2) is 30.6 Å². The van der Waals surface area contributed by atoms with Crippen LogP contribution in [0.25, 0.3) is 10.8 Å². The number of anilines is 2. The standard InChI is InChI=1S/C30H26F3N3O/c31-23-8-10-28-25(16-23)30(19-36(28)29(37)34-27-9-7-24(32)17-26(27)33)11-13-35(14-12-30)18-20-5-6-21-3-1-2-4-22(21)15-20/h1-10,15-17H,11-14,18-19H2,(H,34,37). The lowest BCUT2D eigenvalue weighted by atomic mass is 9.74. The second-order valence-corrected chi connectivity index (χ2v) is 10.0. The first-order chi connectivity index (χ1) is 17.9. The number of piperidine rings is 1. The number of urea groups is 1. The van der Waals surface area contributed by atoms with Crippen molar-refractivity contribution in [2.75, 3.05) is 29.9 Å². The molecular formula is C30H26F3N3O. The molecule has 1 fully saturated rings. The molecule has 1 spiro atoms. The molecule has 188 valence electrons. The number of rotatable bonds is 3. The van der Waals surface area contributed by atoms with Crippen LogP contribution in [0.15, 0.2) is 78.9 Å². The van der Waals surface area contributed by atoms with E-state index in [4.69, 9.17) is 0 Å². The molecule has 2 amide bonds. The summed E-state index contributed by atoms with van der Waals surface area (Å²) in [7, 11) is 0. The van der Waals surface area contributed by atoms with Gasteiger partial charge in [-0.1, -0.05) is 36.4 Å². The summed E-state index contributed by atoms with van der Waals surface area (Å²) in [6.07, 6.45) is 1.54. The molecule has 0 atom stereocenters. The molecule has 7 heteroatoms. The van der Waals surface area contributed by atoms with E-state index < -0.39 is 17.7 Å². The fraction of sp³-hybridized carbons (Fsp3) is 0.233. The van der Waals surface area contributed by atoms with Crippen molar-refractivity contribution in [1.82, 2.24) is 4.90 Å². The van der Waals surface area contributed by atoms with Gasteiger partial charge in [-0.05, 0) is 84.2 Å². The number of hydrogen-bond donors (Lipinski definition) is 1. The summed E-state index contributed by atoms with van der Waals surface area (Å²) >= 11 is 0. The third kappa shape index (κ3) is 4.44. The molecule has 2 aliphatic heterocycles. The van der Waals surface area contributed by atoms with Crippen LogP contribution in [0.3, 0.4) is 0 Å². The minimum atomic E-state index is -0.844. The van der Waals surface area contributed by atoms with Crippen LogP contribution < -0.4 is 10.2 Å². The first-order valence-electron chi connectivity index (χ1n) is 12.4. The van der Waals surface area contributed by atoms with E-state index in [-0.39, 0.29) is 16.9 Å². The maximum Gasteiger partial charge on any atom is 0.326 e.